The molecule has 18 heavy (non-hydrogen) atoms. The average molecular weight is 250 g/mol. The molecule has 0 saturated carbocycles. The molecule has 4 heteroatoms. The number of benzene rings is 1. The fourth-order valence-electron chi connectivity index (χ4n) is 1.88. The van der Waals surface area contributed by atoms with Gasteiger partial charge in [-0.25, -0.2) is 0 Å². The van der Waals surface area contributed by atoms with Gasteiger partial charge in [0.15, 0.2) is 0 Å². The molecule has 1 aromatic rings. The molecular formula is C14H22N2O2. The van der Waals surface area contributed by atoms with Crippen molar-refractivity contribution in [2.45, 2.75) is 46.6 Å². The van der Waals surface area contributed by atoms with Crippen molar-refractivity contribution in [2.75, 3.05) is 0 Å². The van der Waals surface area contributed by atoms with Crippen molar-refractivity contribution in [1.29, 1.82) is 0 Å². The van der Waals surface area contributed by atoms with Gasteiger partial charge in [-0.15, -0.1) is 0 Å². The van der Waals surface area contributed by atoms with Crippen LogP contribution in [0.15, 0.2) is 18.2 Å². The van der Waals surface area contributed by atoms with Gasteiger partial charge in [0, 0.05) is 17.7 Å². The predicted molar refractivity (Wildman–Crippen MR) is 73.6 cm³/mol. The van der Waals surface area contributed by atoms with Crippen molar-refractivity contribution in [3.63, 3.8) is 0 Å². The van der Waals surface area contributed by atoms with Gasteiger partial charge in [-0.2, -0.15) is 0 Å². The third-order valence-corrected chi connectivity index (χ3v) is 3.45. The topological polar surface area (TPSA) is 69.2 Å². The summed E-state index contributed by atoms with van der Waals surface area (Å²) in [5.74, 6) is 0. The van der Waals surface area contributed by atoms with E-state index in [-0.39, 0.29) is 22.1 Å². The van der Waals surface area contributed by atoms with E-state index in [1.165, 1.54) is 0 Å². The van der Waals surface area contributed by atoms with Gasteiger partial charge in [0.2, 0.25) is 0 Å². The summed E-state index contributed by atoms with van der Waals surface area (Å²) in [6, 6.07) is 5.32. The van der Waals surface area contributed by atoms with Crippen LogP contribution in [-0.4, -0.2) is 11.0 Å². The van der Waals surface area contributed by atoms with Gasteiger partial charge < -0.3 is 5.73 Å². The lowest BCUT2D eigenvalue weighted by molar-refractivity contribution is -0.385. The molecule has 0 aromatic heterocycles. The minimum atomic E-state index is -0.331. The lowest BCUT2D eigenvalue weighted by Crippen LogP contribution is -2.35. The molecular weight excluding hydrogens is 228 g/mol. The van der Waals surface area contributed by atoms with Crippen LogP contribution in [0, 0.1) is 22.5 Å². The summed E-state index contributed by atoms with van der Waals surface area (Å²) in [7, 11) is 0. The second-order valence-corrected chi connectivity index (χ2v) is 5.83. The Morgan fingerprint density at radius 3 is 2.50 bits per heavy atom. The van der Waals surface area contributed by atoms with E-state index in [0.717, 1.165) is 24.0 Å². The highest BCUT2D eigenvalue weighted by atomic mass is 16.6. The van der Waals surface area contributed by atoms with E-state index >= 15 is 0 Å². The molecule has 0 amide bonds. The zero-order chi connectivity index (χ0) is 13.9. The first kappa shape index (κ1) is 14.6. The van der Waals surface area contributed by atoms with Crippen molar-refractivity contribution in [1.82, 2.24) is 0 Å². The van der Waals surface area contributed by atoms with Gasteiger partial charge in [-0.05, 0) is 30.7 Å². The first-order valence-corrected chi connectivity index (χ1v) is 6.22. The largest absolute Gasteiger partial charge is 0.327 e. The van der Waals surface area contributed by atoms with Crippen LogP contribution < -0.4 is 5.73 Å². The van der Waals surface area contributed by atoms with Gasteiger partial charge in [0.05, 0.1) is 4.92 Å². The van der Waals surface area contributed by atoms with E-state index in [9.17, 15) is 10.1 Å². The van der Waals surface area contributed by atoms with Crippen LogP contribution in [0.25, 0.3) is 0 Å². The van der Waals surface area contributed by atoms with Crippen LogP contribution in [-0.2, 0) is 6.42 Å². The fraction of sp³-hybridized carbons (Fsp3) is 0.571. The summed E-state index contributed by atoms with van der Waals surface area (Å²) in [6.45, 7) is 8.13. The van der Waals surface area contributed by atoms with E-state index in [1.54, 1.807) is 19.1 Å². The van der Waals surface area contributed by atoms with Crippen LogP contribution in [0.5, 0.6) is 0 Å². The molecule has 0 saturated heterocycles. The maximum absolute atomic E-state index is 10.9. The molecule has 1 aromatic carbocycles. The van der Waals surface area contributed by atoms with E-state index < -0.39 is 0 Å². The van der Waals surface area contributed by atoms with Gasteiger partial charge in [0.25, 0.3) is 5.69 Å². The SMILES string of the molecule is Cc1c(CCC(N)C(C)(C)C)cccc1[N+](=O)[O-]. The summed E-state index contributed by atoms with van der Waals surface area (Å²) in [5.41, 5.74) is 8.14. The molecule has 1 unspecified atom stereocenters. The summed E-state index contributed by atoms with van der Waals surface area (Å²) in [5, 5.41) is 10.9. The predicted octanol–water partition coefficient (Wildman–Crippen LogP) is 3.21. The van der Waals surface area contributed by atoms with Crippen molar-refractivity contribution in [3.05, 3.63) is 39.4 Å². The Balaban J connectivity index is 2.81. The molecule has 0 fully saturated rings. The summed E-state index contributed by atoms with van der Waals surface area (Å²) in [4.78, 5) is 10.5. The molecule has 4 nitrogen and oxygen atoms in total. The number of nitrogens with zero attached hydrogens (tertiary/aromatic N) is 1. The quantitative estimate of drug-likeness (QED) is 0.659. The minimum absolute atomic E-state index is 0.0641. The monoisotopic (exact) mass is 250 g/mol. The Hall–Kier alpha value is -1.42. The number of hydrogen-bond acceptors (Lipinski definition) is 3. The third kappa shape index (κ3) is 3.53. The zero-order valence-corrected chi connectivity index (χ0v) is 11.6. The number of rotatable bonds is 4. The summed E-state index contributed by atoms with van der Waals surface area (Å²) in [6.07, 6.45) is 1.62. The first-order chi connectivity index (χ1) is 8.23. The van der Waals surface area contributed by atoms with Crippen LogP contribution in [0.3, 0.4) is 0 Å². The molecule has 0 radical (unpaired) electrons. The van der Waals surface area contributed by atoms with Crippen molar-refractivity contribution >= 4 is 5.69 Å². The molecule has 2 N–H and O–H groups in total. The van der Waals surface area contributed by atoms with Crippen LogP contribution in [0.1, 0.15) is 38.3 Å². The zero-order valence-electron chi connectivity index (χ0n) is 11.6. The Morgan fingerprint density at radius 2 is 2.00 bits per heavy atom. The van der Waals surface area contributed by atoms with Crippen LogP contribution >= 0.6 is 0 Å². The van der Waals surface area contributed by atoms with Gasteiger partial charge in [-0.1, -0.05) is 32.9 Å². The molecule has 1 rings (SSSR count). The Labute approximate surface area is 108 Å². The Bertz CT molecular complexity index is 436. The van der Waals surface area contributed by atoms with E-state index in [2.05, 4.69) is 20.8 Å². The minimum Gasteiger partial charge on any atom is -0.327 e. The molecule has 0 aliphatic rings. The Kier molecular flexibility index (Phi) is 4.46. The molecule has 0 aliphatic carbocycles. The smallest absolute Gasteiger partial charge is 0.272 e. The molecule has 100 valence electrons. The average Bonchev–Trinajstić information content (AvgIpc) is 2.25. The second kappa shape index (κ2) is 5.48. The lowest BCUT2D eigenvalue weighted by Gasteiger charge is -2.27. The number of nitro groups is 1. The summed E-state index contributed by atoms with van der Waals surface area (Å²) < 4.78 is 0. The van der Waals surface area contributed by atoms with E-state index in [1.807, 2.05) is 6.07 Å². The number of nitro benzene ring substituents is 1. The van der Waals surface area contributed by atoms with Gasteiger partial charge in [0.1, 0.15) is 0 Å². The molecule has 0 bridgehead atoms. The first-order valence-electron chi connectivity index (χ1n) is 6.22. The second-order valence-electron chi connectivity index (χ2n) is 5.83. The lowest BCUT2D eigenvalue weighted by atomic mass is 9.83. The van der Waals surface area contributed by atoms with Crippen molar-refractivity contribution in [2.24, 2.45) is 11.1 Å². The highest BCUT2D eigenvalue weighted by Crippen LogP contribution is 2.25. The normalized spacial score (nSPS) is 13.4. The number of hydrogen-bond donors (Lipinski definition) is 1. The van der Waals surface area contributed by atoms with Crippen molar-refractivity contribution in [3.8, 4) is 0 Å². The van der Waals surface area contributed by atoms with Gasteiger partial charge in [-0.3, -0.25) is 10.1 Å². The number of nitrogens with two attached hydrogens (primary N) is 1. The van der Waals surface area contributed by atoms with Crippen molar-refractivity contribution < 1.29 is 4.92 Å². The standard InChI is InChI=1S/C14H22N2O2/c1-10-11(6-5-7-12(10)16(17)18)8-9-13(15)14(2,3)4/h5-7,13H,8-9,15H2,1-4H3. The Morgan fingerprint density at radius 1 is 1.39 bits per heavy atom. The summed E-state index contributed by atoms with van der Waals surface area (Å²) >= 11 is 0. The number of aryl methyl sites for hydroxylation is 1. The van der Waals surface area contributed by atoms with Crippen LogP contribution in [0.2, 0.25) is 0 Å². The van der Waals surface area contributed by atoms with E-state index in [0.29, 0.717) is 0 Å². The third-order valence-electron chi connectivity index (χ3n) is 3.45. The highest BCUT2D eigenvalue weighted by Gasteiger charge is 2.21. The molecule has 0 spiro atoms. The fourth-order valence-corrected chi connectivity index (χ4v) is 1.88. The van der Waals surface area contributed by atoms with Crippen LogP contribution in [0.4, 0.5) is 5.69 Å². The highest BCUT2D eigenvalue weighted by molar-refractivity contribution is 5.44. The van der Waals surface area contributed by atoms with E-state index in [4.69, 9.17) is 5.73 Å². The molecule has 1 atom stereocenters. The molecule has 0 aliphatic heterocycles. The maximum Gasteiger partial charge on any atom is 0.272 e. The maximum atomic E-state index is 10.9. The molecule has 0 heterocycles. The van der Waals surface area contributed by atoms with Gasteiger partial charge >= 0.3 is 0 Å².